The van der Waals surface area contributed by atoms with Gasteiger partial charge in [0, 0.05) is 49.6 Å². The lowest BCUT2D eigenvalue weighted by atomic mass is 9.92. The summed E-state index contributed by atoms with van der Waals surface area (Å²) in [6.07, 6.45) is 1.61. The summed E-state index contributed by atoms with van der Waals surface area (Å²) in [6, 6.07) is 3.79. The minimum Gasteiger partial charge on any atom is -0.486 e. The zero-order chi connectivity index (χ0) is 17.6. The number of ether oxygens (including phenoxy) is 2. The van der Waals surface area contributed by atoms with E-state index in [0.717, 1.165) is 12.0 Å². The van der Waals surface area contributed by atoms with E-state index < -0.39 is 0 Å². The maximum absolute atomic E-state index is 12.7. The number of piperidine rings is 1. The zero-order valence-electron chi connectivity index (χ0n) is 14.2. The number of carbonyl (C=O) groups is 2. The molecule has 6 nitrogen and oxygen atoms in total. The van der Waals surface area contributed by atoms with E-state index in [1.807, 2.05) is 16.8 Å². The van der Waals surface area contributed by atoms with E-state index in [1.165, 1.54) is 0 Å². The van der Waals surface area contributed by atoms with Crippen molar-refractivity contribution in [2.24, 2.45) is 5.92 Å². The second-order valence-corrected chi connectivity index (χ2v) is 7.34. The third kappa shape index (κ3) is 3.03. The second-order valence-electron chi connectivity index (χ2n) is 6.93. The SMILES string of the molecule is CN1C(=O)C[C@@H]2CN(C(=O)Cc3cc4c(cc3Cl)OCCO4)CC[C@@H]21. The van der Waals surface area contributed by atoms with Crippen LogP contribution in [-0.2, 0) is 16.0 Å². The zero-order valence-corrected chi connectivity index (χ0v) is 14.9. The van der Waals surface area contributed by atoms with Crippen LogP contribution in [0.2, 0.25) is 5.02 Å². The van der Waals surface area contributed by atoms with Crippen LogP contribution < -0.4 is 9.47 Å². The van der Waals surface area contributed by atoms with Crippen molar-refractivity contribution in [3.8, 4) is 11.5 Å². The molecular formula is C18H21ClN2O4. The van der Waals surface area contributed by atoms with E-state index in [2.05, 4.69) is 0 Å². The minimum atomic E-state index is 0.0408. The Morgan fingerprint density at radius 1 is 1.28 bits per heavy atom. The van der Waals surface area contributed by atoms with Crippen LogP contribution in [0.5, 0.6) is 11.5 Å². The first-order valence-corrected chi connectivity index (χ1v) is 9.02. The summed E-state index contributed by atoms with van der Waals surface area (Å²) < 4.78 is 11.1. The summed E-state index contributed by atoms with van der Waals surface area (Å²) in [5.74, 6) is 1.73. The number of nitrogens with zero attached hydrogens (tertiary/aromatic N) is 2. The lowest BCUT2D eigenvalue weighted by molar-refractivity contribution is -0.132. The molecule has 2 atom stereocenters. The van der Waals surface area contributed by atoms with Crippen molar-refractivity contribution >= 4 is 23.4 Å². The molecule has 0 bridgehead atoms. The Balaban J connectivity index is 1.45. The fourth-order valence-electron chi connectivity index (χ4n) is 4.03. The van der Waals surface area contributed by atoms with Crippen LogP contribution in [0.4, 0.5) is 0 Å². The Hall–Kier alpha value is -1.95. The monoisotopic (exact) mass is 364 g/mol. The lowest BCUT2D eigenvalue weighted by Gasteiger charge is -2.36. The molecule has 0 saturated carbocycles. The molecule has 134 valence electrons. The summed E-state index contributed by atoms with van der Waals surface area (Å²) in [5, 5.41) is 0.517. The number of hydrogen-bond donors (Lipinski definition) is 0. The van der Waals surface area contributed by atoms with Gasteiger partial charge in [-0.2, -0.15) is 0 Å². The molecule has 2 saturated heterocycles. The molecule has 0 unspecified atom stereocenters. The van der Waals surface area contributed by atoms with Gasteiger partial charge in [-0.05, 0) is 18.1 Å². The average molecular weight is 365 g/mol. The van der Waals surface area contributed by atoms with Gasteiger partial charge in [-0.15, -0.1) is 0 Å². The molecule has 0 radical (unpaired) electrons. The Morgan fingerprint density at radius 2 is 2.00 bits per heavy atom. The van der Waals surface area contributed by atoms with Crippen molar-refractivity contribution in [3.63, 3.8) is 0 Å². The Morgan fingerprint density at radius 3 is 2.76 bits per heavy atom. The maximum atomic E-state index is 12.7. The summed E-state index contributed by atoms with van der Waals surface area (Å²) in [6.45, 7) is 2.32. The van der Waals surface area contributed by atoms with Gasteiger partial charge in [-0.1, -0.05) is 11.6 Å². The van der Waals surface area contributed by atoms with Crippen LogP contribution in [0.1, 0.15) is 18.4 Å². The van der Waals surface area contributed by atoms with E-state index in [-0.39, 0.29) is 30.2 Å². The highest BCUT2D eigenvalue weighted by atomic mass is 35.5. The Labute approximate surface area is 151 Å². The van der Waals surface area contributed by atoms with Gasteiger partial charge in [0.05, 0.1) is 6.42 Å². The molecule has 0 aromatic heterocycles. The number of halogens is 1. The number of carbonyl (C=O) groups excluding carboxylic acids is 2. The first kappa shape index (κ1) is 16.5. The third-order valence-electron chi connectivity index (χ3n) is 5.43. The van der Waals surface area contributed by atoms with Gasteiger partial charge in [0.1, 0.15) is 13.2 Å². The van der Waals surface area contributed by atoms with E-state index in [0.29, 0.717) is 49.2 Å². The van der Waals surface area contributed by atoms with Gasteiger partial charge in [-0.3, -0.25) is 9.59 Å². The molecule has 0 spiro atoms. The van der Waals surface area contributed by atoms with Crippen molar-refractivity contribution in [1.29, 1.82) is 0 Å². The van der Waals surface area contributed by atoms with Gasteiger partial charge in [0.25, 0.3) is 0 Å². The molecule has 2 fully saturated rings. The Kier molecular flexibility index (Phi) is 4.23. The van der Waals surface area contributed by atoms with Crippen LogP contribution in [-0.4, -0.2) is 61.0 Å². The van der Waals surface area contributed by atoms with Crippen LogP contribution >= 0.6 is 11.6 Å². The highest BCUT2D eigenvalue weighted by Crippen LogP contribution is 2.36. The molecule has 0 N–H and O–H groups in total. The molecule has 7 heteroatoms. The van der Waals surface area contributed by atoms with E-state index in [1.54, 1.807) is 12.1 Å². The molecule has 3 aliphatic rings. The number of hydrogen-bond acceptors (Lipinski definition) is 4. The smallest absolute Gasteiger partial charge is 0.227 e. The maximum Gasteiger partial charge on any atom is 0.227 e. The molecular weight excluding hydrogens is 344 g/mol. The minimum absolute atomic E-state index is 0.0408. The van der Waals surface area contributed by atoms with Gasteiger partial charge < -0.3 is 19.3 Å². The van der Waals surface area contributed by atoms with Crippen molar-refractivity contribution in [2.75, 3.05) is 33.4 Å². The number of benzene rings is 1. The molecule has 1 aromatic rings. The van der Waals surface area contributed by atoms with Crippen molar-refractivity contribution in [2.45, 2.75) is 25.3 Å². The van der Waals surface area contributed by atoms with Crippen LogP contribution in [0, 0.1) is 5.92 Å². The molecule has 3 aliphatic heterocycles. The third-order valence-corrected chi connectivity index (χ3v) is 5.78. The quantitative estimate of drug-likeness (QED) is 0.802. The van der Waals surface area contributed by atoms with Crippen LogP contribution in [0.15, 0.2) is 12.1 Å². The van der Waals surface area contributed by atoms with Gasteiger partial charge in [0.2, 0.25) is 11.8 Å². The molecule has 1 aromatic carbocycles. The topological polar surface area (TPSA) is 59.1 Å². The number of amides is 2. The number of likely N-dealkylation sites (tertiary alicyclic amines) is 2. The van der Waals surface area contributed by atoms with E-state index in [9.17, 15) is 9.59 Å². The predicted molar refractivity (Wildman–Crippen MR) is 92.0 cm³/mol. The molecule has 2 amide bonds. The standard InChI is InChI=1S/C18H21ClN2O4/c1-20-14-2-3-21(10-12(14)8-17(20)22)18(23)7-11-6-15-16(9-13(11)19)25-5-4-24-15/h6,9,12,14H,2-5,7-8,10H2,1H3/t12-,14+/m1/s1. The molecule has 0 aliphatic carbocycles. The molecule has 4 rings (SSSR count). The summed E-state index contributed by atoms with van der Waals surface area (Å²) in [5.41, 5.74) is 0.748. The van der Waals surface area contributed by atoms with Crippen molar-refractivity contribution < 1.29 is 19.1 Å². The largest absolute Gasteiger partial charge is 0.486 e. The summed E-state index contributed by atoms with van der Waals surface area (Å²) in [7, 11) is 1.86. The highest BCUT2D eigenvalue weighted by Gasteiger charge is 2.41. The van der Waals surface area contributed by atoms with Crippen LogP contribution in [0.25, 0.3) is 0 Å². The first-order chi connectivity index (χ1) is 12.0. The second kappa shape index (κ2) is 6.41. The van der Waals surface area contributed by atoms with Gasteiger partial charge in [0.15, 0.2) is 11.5 Å². The first-order valence-electron chi connectivity index (χ1n) is 8.64. The highest BCUT2D eigenvalue weighted by molar-refractivity contribution is 6.31. The lowest BCUT2D eigenvalue weighted by Crippen LogP contribution is -2.47. The van der Waals surface area contributed by atoms with Crippen molar-refractivity contribution in [3.05, 3.63) is 22.7 Å². The van der Waals surface area contributed by atoms with Gasteiger partial charge >= 0.3 is 0 Å². The fraction of sp³-hybridized carbons (Fsp3) is 0.556. The summed E-state index contributed by atoms with van der Waals surface area (Å²) in [4.78, 5) is 28.3. The molecule has 25 heavy (non-hydrogen) atoms. The summed E-state index contributed by atoms with van der Waals surface area (Å²) >= 11 is 6.31. The molecule has 3 heterocycles. The van der Waals surface area contributed by atoms with Gasteiger partial charge in [-0.25, -0.2) is 0 Å². The predicted octanol–water partition coefficient (Wildman–Crippen LogP) is 1.73. The van der Waals surface area contributed by atoms with E-state index in [4.69, 9.17) is 21.1 Å². The fourth-order valence-corrected chi connectivity index (χ4v) is 4.25. The Bertz CT molecular complexity index is 723. The van der Waals surface area contributed by atoms with Crippen LogP contribution in [0.3, 0.4) is 0 Å². The van der Waals surface area contributed by atoms with Crippen molar-refractivity contribution in [1.82, 2.24) is 9.80 Å². The number of fused-ring (bicyclic) bond motifs is 2. The normalized spacial score (nSPS) is 25.1. The van der Waals surface area contributed by atoms with E-state index >= 15 is 0 Å². The number of rotatable bonds is 2. The average Bonchev–Trinajstić information content (AvgIpc) is 2.89.